The van der Waals surface area contributed by atoms with Crippen molar-refractivity contribution in [2.75, 3.05) is 5.32 Å². The molecule has 0 saturated heterocycles. The molecule has 2 amide bonds. The Morgan fingerprint density at radius 1 is 1.21 bits per heavy atom. The number of alkyl halides is 4. The van der Waals surface area contributed by atoms with Crippen LogP contribution in [0.5, 0.6) is 0 Å². The van der Waals surface area contributed by atoms with Crippen LogP contribution < -0.4 is 11.1 Å². The maximum absolute atomic E-state index is 14.7. The zero-order chi connectivity index (χ0) is 27.9. The molecule has 0 saturated carbocycles. The summed E-state index contributed by atoms with van der Waals surface area (Å²) in [6, 6.07) is 5.87. The van der Waals surface area contributed by atoms with Crippen LogP contribution in [0.25, 0.3) is 5.82 Å². The topological polar surface area (TPSA) is 129 Å². The summed E-state index contributed by atoms with van der Waals surface area (Å²) in [7, 11) is 0. The smallest absolute Gasteiger partial charge is 0.435 e. The van der Waals surface area contributed by atoms with Crippen molar-refractivity contribution >= 4 is 46.7 Å². The highest BCUT2D eigenvalue weighted by molar-refractivity contribution is 6.34. The lowest BCUT2D eigenvalue weighted by molar-refractivity contribution is -0.159. The molecule has 0 bridgehead atoms. The predicted octanol–water partition coefficient (Wildman–Crippen LogP) is 4.45. The fraction of sp³-hybridized carbons (Fsp3) is 0.261. The molecule has 1 aliphatic rings. The Labute approximate surface area is 221 Å². The maximum atomic E-state index is 14.7. The van der Waals surface area contributed by atoms with Gasteiger partial charge < -0.3 is 15.8 Å². The summed E-state index contributed by atoms with van der Waals surface area (Å²) in [5.74, 6) is -4.64. The van der Waals surface area contributed by atoms with E-state index in [1.807, 2.05) is 0 Å². The number of pyridine rings is 1. The van der Waals surface area contributed by atoms with E-state index in [2.05, 4.69) is 15.4 Å². The third kappa shape index (κ3) is 5.29. The number of hydrogen-bond acceptors (Lipinski definition) is 6. The summed E-state index contributed by atoms with van der Waals surface area (Å²) in [5, 5.41) is 5.69. The molecule has 3 atom stereocenters. The predicted molar refractivity (Wildman–Crippen MR) is 127 cm³/mol. The second-order valence-corrected chi connectivity index (χ2v) is 9.13. The van der Waals surface area contributed by atoms with E-state index in [1.54, 1.807) is 0 Å². The summed E-state index contributed by atoms with van der Waals surface area (Å²) >= 11 is 12.3. The third-order valence-electron chi connectivity index (χ3n) is 5.72. The first-order chi connectivity index (χ1) is 17.8. The fourth-order valence-corrected chi connectivity index (χ4v) is 4.16. The monoisotopic (exact) mass is 573 g/mol. The van der Waals surface area contributed by atoms with Crippen molar-refractivity contribution in [3.8, 4) is 5.82 Å². The summed E-state index contributed by atoms with van der Waals surface area (Å²) in [6.45, 7) is 1.20. The average Bonchev–Trinajstić information content (AvgIpc) is 3.41. The molecule has 2 heterocycles. The molecule has 0 radical (unpaired) electrons. The molecule has 38 heavy (non-hydrogen) atoms. The minimum absolute atomic E-state index is 0.0558. The Bertz CT molecular complexity index is 1450. The van der Waals surface area contributed by atoms with Gasteiger partial charge in [0.2, 0.25) is 5.91 Å². The molecule has 15 heteroatoms. The Hall–Kier alpha value is -3.71. The van der Waals surface area contributed by atoms with Gasteiger partial charge in [-0.25, -0.2) is 14.1 Å². The summed E-state index contributed by atoms with van der Waals surface area (Å²) in [5.41, 5.74) is 3.56. The summed E-state index contributed by atoms with van der Waals surface area (Å²) < 4.78 is 60.7. The fourth-order valence-electron chi connectivity index (χ4n) is 3.72. The van der Waals surface area contributed by atoms with Gasteiger partial charge in [-0.1, -0.05) is 23.2 Å². The van der Waals surface area contributed by atoms with E-state index in [0.29, 0.717) is 16.3 Å². The molecule has 3 unspecified atom stereocenters. The second-order valence-electron chi connectivity index (χ2n) is 8.32. The Morgan fingerprint density at radius 2 is 1.92 bits per heavy atom. The van der Waals surface area contributed by atoms with Crippen molar-refractivity contribution in [3.63, 3.8) is 0 Å². The lowest BCUT2D eigenvalue weighted by Gasteiger charge is -2.18. The van der Waals surface area contributed by atoms with Crippen molar-refractivity contribution in [1.29, 1.82) is 0 Å². The normalized spacial score (nSPS) is 17.6. The molecule has 3 aromatic rings. The van der Waals surface area contributed by atoms with E-state index in [0.717, 1.165) is 0 Å². The molecule has 1 aromatic carbocycles. The van der Waals surface area contributed by atoms with Gasteiger partial charge >= 0.3 is 12.1 Å². The minimum Gasteiger partial charge on any atom is -0.454 e. The van der Waals surface area contributed by atoms with Crippen LogP contribution in [0.4, 0.5) is 23.2 Å². The number of amides is 2. The lowest BCUT2D eigenvalue weighted by atomic mass is 10.1. The summed E-state index contributed by atoms with van der Waals surface area (Å²) in [6.07, 6.45) is -6.92. The number of fused-ring (bicyclic) bond motifs is 1. The largest absolute Gasteiger partial charge is 0.454 e. The third-order valence-corrected chi connectivity index (χ3v) is 6.33. The highest BCUT2D eigenvalue weighted by Crippen LogP contribution is 2.41. The van der Waals surface area contributed by atoms with Crippen LogP contribution in [0.2, 0.25) is 10.0 Å². The van der Waals surface area contributed by atoms with Crippen molar-refractivity contribution in [2.24, 2.45) is 11.7 Å². The van der Waals surface area contributed by atoms with Gasteiger partial charge in [0, 0.05) is 24.2 Å². The van der Waals surface area contributed by atoms with E-state index in [4.69, 9.17) is 33.7 Å². The molecule has 4 rings (SSSR count). The van der Waals surface area contributed by atoms with Crippen LogP contribution in [0, 0.1) is 5.92 Å². The van der Waals surface area contributed by atoms with Gasteiger partial charge in [0.15, 0.2) is 17.6 Å². The van der Waals surface area contributed by atoms with E-state index in [-0.39, 0.29) is 33.5 Å². The Balaban J connectivity index is 1.69. The van der Waals surface area contributed by atoms with Gasteiger partial charge in [-0.05, 0) is 36.8 Å². The van der Waals surface area contributed by atoms with Crippen molar-refractivity contribution < 1.29 is 36.7 Å². The molecule has 0 spiro atoms. The Kier molecular flexibility index (Phi) is 7.35. The quantitative estimate of drug-likeness (QED) is 0.255. The molecule has 200 valence electrons. The van der Waals surface area contributed by atoms with Gasteiger partial charge in [-0.2, -0.15) is 18.3 Å². The highest BCUT2D eigenvalue weighted by Gasteiger charge is 2.39. The zero-order valence-electron chi connectivity index (χ0n) is 19.2. The molecule has 9 nitrogen and oxygen atoms in total. The molecular formula is C23H17Cl2F4N5O4. The number of aromatic nitrogens is 3. The van der Waals surface area contributed by atoms with Crippen LogP contribution in [-0.4, -0.2) is 38.7 Å². The van der Waals surface area contributed by atoms with Crippen molar-refractivity contribution in [1.82, 2.24) is 14.8 Å². The van der Waals surface area contributed by atoms with Gasteiger partial charge in [0.25, 0.3) is 5.91 Å². The number of nitrogens with two attached hydrogens (primary N) is 1. The van der Waals surface area contributed by atoms with Gasteiger partial charge in [0.05, 0.1) is 15.7 Å². The van der Waals surface area contributed by atoms with E-state index < -0.39 is 53.5 Å². The number of carbonyl (C=O) groups excluding carboxylic acids is 3. The average molecular weight is 574 g/mol. The molecular weight excluding hydrogens is 557 g/mol. The summed E-state index contributed by atoms with van der Waals surface area (Å²) in [4.78, 5) is 40.5. The zero-order valence-corrected chi connectivity index (χ0v) is 20.7. The van der Waals surface area contributed by atoms with Gasteiger partial charge in [-0.3, -0.25) is 14.4 Å². The van der Waals surface area contributed by atoms with Crippen LogP contribution in [0.1, 0.15) is 40.3 Å². The van der Waals surface area contributed by atoms with Crippen LogP contribution in [0.3, 0.4) is 0 Å². The number of esters is 1. The number of primary amides is 1. The number of anilines is 1. The van der Waals surface area contributed by atoms with E-state index in [9.17, 15) is 31.9 Å². The van der Waals surface area contributed by atoms with Crippen LogP contribution in [-0.2, 0) is 26.9 Å². The van der Waals surface area contributed by atoms with Gasteiger partial charge in [0.1, 0.15) is 17.8 Å². The molecule has 0 aliphatic heterocycles. The first-order valence-corrected chi connectivity index (χ1v) is 11.6. The second kappa shape index (κ2) is 10.2. The number of nitrogens with one attached hydrogen (secondary N) is 1. The first-order valence-electron chi connectivity index (χ1n) is 10.8. The number of rotatable bonds is 6. The van der Waals surface area contributed by atoms with Crippen molar-refractivity contribution in [2.45, 2.75) is 31.8 Å². The molecule has 1 aliphatic carbocycles. The maximum Gasteiger partial charge on any atom is 0.435 e. The van der Waals surface area contributed by atoms with Crippen LogP contribution >= 0.6 is 23.2 Å². The standard InChI is InChI=1S/C23H17Cl2F4N5O4/c1-9(19(30)35)22(37)38-18-11-7-15(13(25)5-10(11)6-14(18)26)32-21(36)16-8-17(23(27,28)29)33-34(16)20-12(24)3-2-4-31-20/h2-5,7-9,14,18H,6H2,1H3,(H2,30,35)(H,32,36). The number of benzene rings is 1. The van der Waals surface area contributed by atoms with Gasteiger partial charge in [-0.15, -0.1) is 0 Å². The number of carbonyl (C=O) groups is 3. The molecule has 3 N–H and O–H groups in total. The van der Waals surface area contributed by atoms with E-state index >= 15 is 0 Å². The van der Waals surface area contributed by atoms with Crippen LogP contribution in [0.15, 0.2) is 36.5 Å². The van der Waals surface area contributed by atoms with Crippen molar-refractivity contribution in [3.05, 3.63) is 69.1 Å². The molecule has 0 fully saturated rings. The number of hydrogen-bond donors (Lipinski definition) is 2. The molecule has 2 aromatic heterocycles. The minimum atomic E-state index is -4.89. The van der Waals surface area contributed by atoms with E-state index in [1.165, 1.54) is 37.4 Å². The number of halogens is 6. The first kappa shape index (κ1) is 27.3. The number of nitrogens with zero attached hydrogens (tertiary/aromatic N) is 3. The lowest BCUT2D eigenvalue weighted by Crippen LogP contribution is -2.31. The number of ether oxygens (including phenoxy) is 1. The Morgan fingerprint density at radius 3 is 2.55 bits per heavy atom. The highest BCUT2D eigenvalue weighted by atomic mass is 35.5. The SMILES string of the molecule is CC(C(N)=O)C(=O)OC1c2cc(NC(=O)c3cc(C(F)(F)F)nn3-c3ncccc3Cl)c(Cl)cc2CC1F.